The van der Waals surface area contributed by atoms with E-state index in [4.69, 9.17) is 40.9 Å². The number of fused-ring (bicyclic) bond motifs is 8. The monoisotopic (exact) mass is 1340 g/mol. The van der Waals surface area contributed by atoms with E-state index in [9.17, 15) is 10.2 Å². The van der Waals surface area contributed by atoms with E-state index in [-0.39, 0.29) is 11.8 Å². The molecular weight excluding hydrogens is 1250 g/mol. The molecule has 7 heterocycles. The standard InChI is InChI=1S/C15H18N2O.C15H16N2O.C15H18O.C14H16N2O2.C13H15NO.C12H14N2O/c1-11-9-12(2)18-15-10-13(3-4-14(11)15)17-7-5-16-6-8-17;1-9-7-10(2)18-13-4-3-12-15(14(9)13)11(5-6-16)8-17-12;1-11(2)8-12-4-5-14-10-15(16-3)7-6-13(14)9-12;1-10-8-13(17)12-3-2-11(9-14(12)18-10)16-6-4-15-5-7-16;1-9(14)6-10-2-3-12-8-13(15)5-4-11(12)7-10;1-9-2-3-10-4-5-11(14-7-6-13)8-12(10)15-9/h3-4,9-10,16H,2,5-8H2,1H3;3-4,7-8,17H,2,5-6,16H2,1H3;4-7,9-11H,8H2,1-3H3;2-3,8-9,15,17H,1,4-7H2;2-5,7-9,15H,6,14H2,1H3;2-5,8,14H,1,6-7,13H2. The first-order valence-corrected chi connectivity index (χ1v) is 34.4. The van der Waals surface area contributed by atoms with Crippen molar-refractivity contribution in [1.29, 1.82) is 0 Å². The van der Waals surface area contributed by atoms with Crippen LogP contribution in [0.3, 0.4) is 0 Å². The minimum Gasteiger partial charge on any atom is -0.508 e. The summed E-state index contributed by atoms with van der Waals surface area (Å²) in [6.45, 7) is 36.1. The first-order valence-electron chi connectivity index (χ1n) is 34.4. The van der Waals surface area contributed by atoms with Gasteiger partial charge in [-0.1, -0.05) is 88.7 Å². The molecule has 12 N–H and O–H groups in total. The number of methoxy groups -OCH3 is 1. The van der Waals surface area contributed by atoms with Crippen LogP contribution in [0.5, 0.6) is 34.5 Å². The van der Waals surface area contributed by atoms with Crippen LogP contribution >= 0.6 is 0 Å². The maximum atomic E-state index is 9.83. The number of benzene rings is 8. The van der Waals surface area contributed by atoms with E-state index in [1.54, 1.807) is 19.2 Å². The molecule has 15 rings (SSSR count). The second-order valence-corrected chi connectivity index (χ2v) is 26.0. The number of piperazine rings is 2. The summed E-state index contributed by atoms with van der Waals surface area (Å²) in [5, 5.41) is 35.0. The Balaban J connectivity index is 0.000000130. The van der Waals surface area contributed by atoms with Crippen molar-refractivity contribution in [3.63, 3.8) is 0 Å². The van der Waals surface area contributed by atoms with Crippen LogP contribution < -0.4 is 66.6 Å². The number of nitrogens with zero attached hydrogens (tertiary/aromatic N) is 2. The van der Waals surface area contributed by atoms with Crippen LogP contribution in [0.25, 0.3) is 55.4 Å². The van der Waals surface area contributed by atoms with Gasteiger partial charge in [0, 0.05) is 147 Å². The predicted octanol–water partition coefficient (Wildman–Crippen LogP) is 15.7. The zero-order chi connectivity index (χ0) is 70.8. The van der Waals surface area contributed by atoms with Gasteiger partial charge in [0.25, 0.3) is 0 Å². The third-order valence-electron chi connectivity index (χ3n) is 17.4. The predicted molar refractivity (Wildman–Crippen MR) is 416 cm³/mol. The average molecular weight is 1340 g/mol. The molecule has 520 valence electrons. The maximum Gasteiger partial charge on any atom is 0.140 e. The van der Waals surface area contributed by atoms with Crippen molar-refractivity contribution >= 4 is 72.5 Å². The van der Waals surface area contributed by atoms with Crippen LogP contribution in [0, 0.1) is 5.92 Å². The van der Waals surface area contributed by atoms with Crippen molar-refractivity contribution in [3.8, 4) is 34.5 Å². The summed E-state index contributed by atoms with van der Waals surface area (Å²) >= 11 is 0. The van der Waals surface area contributed by atoms with Crippen LogP contribution in [0.15, 0.2) is 219 Å². The number of aromatic hydroxyl groups is 1. The van der Waals surface area contributed by atoms with Crippen LogP contribution in [0.2, 0.25) is 0 Å². The smallest absolute Gasteiger partial charge is 0.140 e. The van der Waals surface area contributed by atoms with Crippen molar-refractivity contribution in [2.45, 2.75) is 59.9 Å². The zero-order valence-corrected chi connectivity index (χ0v) is 58.7. The third-order valence-corrected chi connectivity index (χ3v) is 17.4. The number of aromatic amines is 1. The van der Waals surface area contributed by atoms with Crippen LogP contribution in [0.1, 0.15) is 73.6 Å². The highest BCUT2D eigenvalue weighted by molar-refractivity contribution is 5.98. The molecule has 0 bridgehead atoms. The van der Waals surface area contributed by atoms with Crippen LogP contribution in [-0.4, -0.2) is 100 Å². The fourth-order valence-corrected chi connectivity index (χ4v) is 12.7. The van der Waals surface area contributed by atoms with Gasteiger partial charge in [0.05, 0.1) is 12.7 Å². The fourth-order valence-electron chi connectivity index (χ4n) is 12.7. The Kier molecular flexibility index (Phi) is 24.8. The molecule has 6 aliphatic heterocycles. The van der Waals surface area contributed by atoms with Gasteiger partial charge in [0.1, 0.15) is 63.3 Å². The minimum absolute atomic E-state index is 0.180. The number of aliphatic hydroxyl groups excluding tert-OH is 1. The number of ether oxygens (including phenoxy) is 5. The number of aromatic nitrogens is 1. The van der Waals surface area contributed by atoms with Crippen molar-refractivity contribution in [2.24, 2.45) is 23.1 Å². The summed E-state index contributed by atoms with van der Waals surface area (Å²) in [5.41, 5.74) is 31.8. The summed E-state index contributed by atoms with van der Waals surface area (Å²) in [7, 11) is 1.70. The summed E-state index contributed by atoms with van der Waals surface area (Å²) in [6, 6.07) is 47.0. The number of nitrogens with two attached hydrogens (primary N) is 3. The van der Waals surface area contributed by atoms with Crippen molar-refractivity contribution in [1.82, 2.24) is 15.6 Å². The molecule has 0 spiro atoms. The highest BCUT2D eigenvalue weighted by atomic mass is 16.5. The second-order valence-electron chi connectivity index (χ2n) is 26.0. The molecule has 0 saturated carbocycles. The molecule has 16 nitrogen and oxygen atoms in total. The number of hydrogen-bond donors (Lipinski definition) is 9. The molecule has 6 aliphatic rings. The first kappa shape index (κ1) is 72.3. The van der Waals surface area contributed by atoms with E-state index in [1.807, 2.05) is 104 Å². The number of H-pyrrole nitrogens is 1. The molecule has 100 heavy (non-hydrogen) atoms. The summed E-state index contributed by atoms with van der Waals surface area (Å²) in [5.74, 6) is 8.01. The van der Waals surface area contributed by atoms with Gasteiger partial charge in [0.15, 0.2) is 0 Å². The number of phenols is 1. The third kappa shape index (κ3) is 19.3. The Morgan fingerprint density at radius 2 is 1.13 bits per heavy atom. The number of rotatable bonds is 12. The number of allylic oxidation sites excluding steroid dienone is 6. The quantitative estimate of drug-likeness (QED) is 0.0555. The lowest BCUT2D eigenvalue weighted by atomic mass is 9.96. The van der Waals surface area contributed by atoms with E-state index < -0.39 is 0 Å². The Hall–Kier alpha value is -10.5. The molecule has 0 radical (unpaired) electrons. The van der Waals surface area contributed by atoms with Crippen LogP contribution in [0.4, 0.5) is 17.1 Å². The van der Waals surface area contributed by atoms with E-state index >= 15 is 0 Å². The Morgan fingerprint density at radius 1 is 0.560 bits per heavy atom. The number of phenolic OH excluding ortho intramolecular Hbond substituents is 1. The Morgan fingerprint density at radius 3 is 1.76 bits per heavy atom. The first-order chi connectivity index (χ1) is 48.3. The minimum atomic E-state index is 0.180. The van der Waals surface area contributed by atoms with E-state index in [0.29, 0.717) is 47.8 Å². The lowest BCUT2D eigenvalue weighted by Gasteiger charge is -2.30. The molecule has 8 aromatic carbocycles. The molecule has 0 amide bonds. The van der Waals surface area contributed by atoms with Gasteiger partial charge in [-0.3, -0.25) is 0 Å². The number of anilines is 3. The highest BCUT2D eigenvalue weighted by Crippen LogP contribution is 2.41. The largest absolute Gasteiger partial charge is 0.508 e. The van der Waals surface area contributed by atoms with Crippen molar-refractivity contribution in [3.05, 3.63) is 258 Å². The van der Waals surface area contributed by atoms with Gasteiger partial charge in [-0.15, -0.1) is 0 Å². The fraction of sp³-hybridized carbons (Fsp3) is 0.262. The molecule has 16 heteroatoms. The Labute approximate surface area is 589 Å². The zero-order valence-electron chi connectivity index (χ0n) is 58.7. The van der Waals surface area contributed by atoms with Crippen molar-refractivity contribution in [2.75, 3.05) is 94.2 Å². The topological polar surface area (TPSA) is 223 Å². The lowest BCUT2D eigenvalue weighted by Crippen LogP contribution is -2.43. The molecule has 2 fully saturated rings. The number of nitrogens with one attached hydrogen (secondary N) is 4. The molecular formula is C84H97N9O7. The van der Waals surface area contributed by atoms with Gasteiger partial charge in [-0.25, -0.2) is 0 Å². The van der Waals surface area contributed by atoms with Gasteiger partial charge in [0.2, 0.25) is 0 Å². The number of hydrogen-bond acceptors (Lipinski definition) is 15. The van der Waals surface area contributed by atoms with Gasteiger partial charge >= 0.3 is 0 Å². The molecule has 1 aromatic heterocycles. The molecule has 1 unspecified atom stereocenters. The van der Waals surface area contributed by atoms with E-state index in [2.05, 4.69) is 145 Å². The molecule has 9 aromatic rings. The Bertz CT molecular complexity index is 4450. The van der Waals surface area contributed by atoms with Crippen molar-refractivity contribution < 1.29 is 33.9 Å². The summed E-state index contributed by atoms with van der Waals surface area (Å²) in [4.78, 5) is 7.98. The van der Waals surface area contributed by atoms with Gasteiger partial charge in [-0.2, -0.15) is 0 Å². The maximum absolute atomic E-state index is 9.83. The SMILES string of the molecule is C=C1C=C(C)c2c(ccc3[nH]cc(CCN)c23)O1.C=C1C=C(C)c2ccc(N3CCNCC3)cc2O1.C=C1C=C(O)c2ccc(N3CCNCC3)cc2O1.C=C1C=Cc2ccc(NCCN)cc2O1.CC(N)Cc1ccc2cc(O)ccc2c1.COc1ccc2cc(CC(C)C)ccc2c1. The van der Waals surface area contributed by atoms with Gasteiger partial charge < -0.3 is 81.8 Å². The van der Waals surface area contributed by atoms with E-state index in [0.717, 1.165) is 151 Å². The molecule has 2 saturated heterocycles. The molecule has 1 atom stereocenters. The van der Waals surface area contributed by atoms with Gasteiger partial charge in [-0.05, 0) is 199 Å². The molecule has 0 aliphatic carbocycles. The average Bonchev–Trinajstić information content (AvgIpc) is 1.53. The normalized spacial score (nSPS) is 15.1. The van der Waals surface area contributed by atoms with E-state index in [1.165, 1.54) is 61.3 Å². The summed E-state index contributed by atoms with van der Waals surface area (Å²) < 4.78 is 27.7. The number of aliphatic hydroxyl groups is 1. The summed E-state index contributed by atoms with van der Waals surface area (Å²) in [6.07, 6.45) is 14.3. The van der Waals surface area contributed by atoms with Crippen LogP contribution in [-0.2, 0) is 19.3 Å². The lowest BCUT2D eigenvalue weighted by molar-refractivity contribution is 0.415. The second kappa shape index (κ2) is 34.4. The highest BCUT2D eigenvalue weighted by Gasteiger charge is 2.22.